The standard InChI is InChI=1S/C22H17N5O/c23-14-16-8-10-18(11-9-16)25-21-13-20(24-15-19-7-4-12-28-19)26-22(27-21)17-5-2-1-3-6-17/h1-13H,15H2,(H2,24,25,26,27). The summed E-state index contributed by atoms with van der Waals surface area (Å²) in [4.78, 5) is 9.26. The molecule has 0 fully saturated rings. The molecular formula is C22H17N5O. The van der Waals surface area contributed by atoms with E-state index in [9.17, 15) is 0 Å². The molecule has 28 heavy (non-hydrogen) atoms. The van der Waals surface area contributed by atoms with Crippen molar-refractivity contribution in [1.82, 2.24) is 9.97 Å². The Bertz CT molecular complexity index is 1080. The molecule has 0 saturated carbocycles. The van der Waals surface area contributed by atoms with Crippen LogP contribution in [0.1, 0.15) is 11.3 Å². The number of nitrogens with one attached hydrogen (secondary N) is 2. The van der Waals surface area contributed by atoms with Gasteiger partial charge in [0.1, 0.15) is 17.4 Å². The number of hydrogen-bond acceptors (Lipinski definition) is 6. The van der Waals surface area contributed by atoms with Crippen LogP contribution in [0.2, 0.25) is 0 Å². The van der Waals surface area contributed by atoms with Gasteiger partial charge in [0.05, 0.1) is 24.4 Å². The van der Waals surface area contributed by atoms with Crippen LogP contribution in [0, 0.1) is 11.3 Å². The van der Waals surface area contributed by atoms with Crippen LogP contribution in [0.4, 0.5) is 17.3 Å². The Morgan fingerprint density at radius 1 is 0.893 bits per heavy atom. The number of furan rings is 1. The third kappa shape index (κ3) is 4.17. The fraction of sp³-hybridized carbons (Fsp3) is 0.0455. The van der Waals surface area contributed by atoms with Gasteiger partial charge in [0.2, 0.25) is 0 Å². The normalized spacial score (nSPS) is 10.2. The van der Waals surface area contributed by atoms with Gasteiger partial charge in [-0.05, 0) is 36.4 Å². The highest BCUT2D eigenvalue weighted by Gasteiger charge is 2.08. The summed E-state index contributed by atoms with van der Waals surface area (Å²) in [6.45, 7) is 0.522. The van der Waals surface area contributed by atoms with Gasteiger partial charge < -0.3 is 15.1 Å². The molecule has 4 rings (SSSR count). The Morgan fingerprint density at radius 2 is 1.68 bits per heavy atom. The van der Waals surface area contributed by atoms with Crippen molar-refractivity contribution in [3.05, 3.63) is 90.4 Å². The molecule has 6 heteroatoms. The molecule has 136 valence electrons. The lowest BCUT2D eigenvalue weighted by Crippen LogP contribution is -2.04. The van der Waals surface area contributed by atoms with Gasteiger partial charge in [0, 0.05) is 17.3 Å². The van der Waals surface area contributed by atoms with Crippen LogP contribution in [-0.2, 0) is 6.54 Å². The summed E-state index contributed by atoms with van der Waals surface area (Å²) in [6, 6.07) is 24.7. The Labute approximate surface area is 162 Å². The van der Waals surface area contributed by atoms with Gasteiger partial charge in [-0.25, -0.2) is 9.97 Å². The SMILES string of the molecule is N#Cc1ccc(Nc2cc(NCc3ccco3)nc(-c3ccccc3)n2)cc1. The molecule has 2 aromatic carbocycles. The number of anilines is 3. The molecule has 0 aliphatic rings. The molecule has 0 aliphatic heterocycles. The Kier molecular flexibility index (Phi) is 4.98. The van der Waals surface area contributed by atoms with Crippen molar-refractivity contribution >= 4 is 17.3 Å². The average molecular weight is 367 g/mol. The van der Waals surface area contributed by atoms with E-state index in [0.29, 0.717) is 29.6 Å². The number of hydrogen-bond donors (Lipinski definition) is 2. The zero-order chi connectivity index (χ0) is 19.2. The highest BCUT2D eigenvalue weighted by atomic mass is 16.3. The van der Waals surface area contributed by atoms with Crippen LogP contribution in [-0.4, -0.2) is 9.97 Å². The largest absolute Gasteiger partial charge is 0.467 e. The zero-order valence-corrected chi connectivity index (χ0v) is 15.0. The first-order chi connectivity index (χ1) is 13.8. The van der Waals surface area contributed by atoms with E-state index in [1.807, 2.05) is 60.7 Å². The summed E-state index contributed by atoms with van der Waals surface area (Å²) in [7, 11) is 0. The van der Waals surface area contributed by atoms with E-state index in [-0.39, 0.29) is 0 Å². The minimum atomic E-state index is 0.522. The molecule has 2 aromatic heterocycles. The lowest BCUT2D eigenvalue weighted by atomic mass is 10.2. The van der Waals surface area contributed by atoms with E-state index in [1.165, 1.54) is 0 Å². The molecule has 4 aromatic rings. The van der Waals surface area contributed by atoms with E-state index in [4.69, 9.17) is 9.68 Å². The summed E-state index contributed by atoms with van der Waals surface area (Å²) in [5.41, 5.74) is 2.37. The highest BCUT2D eigenvalue weighted by molar-refractivity contribution is 5.65. The van der Waals surface area contributed by atoms with Crippen molar-refractivity contribution in [2.45, 2.75) is 6.54 Å². The van der Waals surface area contributed by atoms with Crippen molar-refractivity contribution in [3.8, 4) is 17.5 Å². The van der Waals surface area contributed by atoms with Crippen molar-refractivity contribution in [2.24, 2.45) is 0 Å². The van der Waals surface area contributed by atoms with Crippen molar-refractivity contribution in [1.29, 1.82) is 5.26 Å². The maximum atomic E-state index is 8.95. The zero-order valence-electron chi connectivity index (χ0n) is 15.0. The summed E-state index contributed by atoms with van der Waals surface area (Å²) >= 11 is 0. The number of aromatic nitrogens is 2. The van der Waals surface area contributed by atoms with Crippen LogP contribution in [0.15, 0.2) is 83.5 Å². The number of rotatable bonds is 6. The maximum Gasteiger partial charge on any atom is 0.163 e. The number of benzene rings is 2. The van der Waals surface area contributed by atoms with Gasteiger partial charge in [-0.3, -0.25) is 0 Å². The minimum Gasteiger partial charge on any atom is -0.467 e. The molecule has 6 nitrogen and oxygen atoms in total. The molecule has 2 heterocycles. The molecule has 0 amide bonds. The van der Waals surface area contributed by atoms with Crippen LogP contribution in [0.3, 0.4) is 0 Å². The topological polar surface area (TPSA) is 86.8 Å². The molecule has 0 radical (unpaired) electrons. The number of nitrogens with zero attached hydrogens (tertiary/aromatic N) is 3. The quantitative estimate of drug-likeness (QED) is 0.501. The van der Waals surface area contributed by atoms with Crippen LogP contribution in [0.25, 0.3) is 11.4 Å². The Balaban J connectivity index is 1.63. The van der Waals surface area contributed by atoms with Crippen molar-refractivity contribution in [3.63, 3.8) is 0 Å². The first-order valence-corrected chi connectivity index (χ1v) is 8.78. The lowest BCUT2D eigenvalue weighted by Gasteiger charge is -2.11. The molecule has 0 aliphatic carbocycles. The van der Waals surface area contributed by atoms with E-state index in [2.05, 4.69) is 26.7 Å². The van der Waals surface area contributed by atoms with Gasteiger partial charge in [-0.15, -0.1) is 0 Å². The molecule has 0 unspecified atom stereocenters. The van der Waals surface area contributed by atoms with Gasteiger partial charge in [0.15, 0.2) is 5.82 Å². The summed E-state index contributed by atoms with van der Waals surface area (Å²) in [5.74, 6) is 2.77. The first kappa shape index (κ1) is 17.3. The minimum absolute atomic E-state index is 0.522. The van der Waals surface area contributed by atoms with E-state index >= 15 is 0 Å². The second-order valence-corrected chi connectivity index (χ2v) is 6.08. The van der Waals surface area contributed by atoms with Gasteiger partial charge in [0.25, 0.3) is 0 Å². The first-order valence-electron chi connectivity index (χ1n) is 8.78. The average Bonchev–Trinajstić information content (AvgIpc) is 3.27. The van der Waals surface area contributed by atoms with Crippen molar-refractivity contribution in [2.75, 3.05) is 10.6 Å². The maximum absolute atomic E-state index is 8.95. The molecule has 2 N–H and O–H groups in total. The Hall–Kier alpha value is -4.11. The van der Waals surface area contributed by atoms with Gasteiger partial charge in [-0.2, -0.15) is 5.26 Å². The van der Waals surface area contributed by atoms with E-state index in [0.717, 1.165) is 17.0 Å². The third-order valence-electron chi connectivity index (χ3n) is 4.07. The van der Waals surface area contributed by atoms with E-state index in [1.54, 1.807) is 18.4 Å². The van der Waals surface area contributed by atoms with E-state index < -0.39 is 0 Å². The second kappa shape index (κ2) is 8.06. The molecule has 0 bridgehead atoms. The van der Waals surface area contributed by atoms with Crippen LogP contribution >= 0.6 is 0 Å². The molecular weight excluding hydrogens is 350 g/mol. The fourth-order valence-corrected chi connectivity index (χ4v) is 2.68. The van der Waals surface area contributed by atoms with Crippen LogP contribution < -0.4 is 10.6 Å². The summed E-state index contributed by atoms with van der Waals surface area (Å²) < 4.78 is 5.37. The number of nitriles is 1. The lowest BCUT2D eigenvalue weighted by molar-refractivity contribution is 0.518. The summed E-state index contributed by atoms with van der Waals surface area (Å²) in [6.07, 6.45) is 1.64. The third-order valence-corrected chi connectivity index (χ3v) is 4.07. The predicted octanol–water partition coefficient (Wildman–Crippen LogP) is 4.96. The molecule has 0 atom stereocenters. The monoisotopic (exact) mass is 367 g/mol. The molecule has 0 spiro atoms. The van der Waals surface area contributed by atoms with Gasteiger partial charge in [-0.1, -0.05) is 30.3 Å². The van der Waals surface area contributed by atoms with Crippen molar-refractivity contribution < 1.29 is 4.42 Å². The second-order valence-electron chi connectivity index (χ2n) is 6.08. The smallest absolute Gasteiger partial charge is 0.163 e. The fourth-order valence-electron chi connectivity index (χ4n) is 2.68. The van der Waals surface area contributed by atoms with Gasteiger partial charge >= 0.3 is 0 Å². The summed E-state index contributed by atoms with van der Waals surface area (Å²) in [5, 5.41) is 15.5. The Morgan fingerprint density at radius 3 is 2.39 bits per heavy atom. The predicted molar refractivity (Wildman–Crippen MR) is 108 cm³/mol. The highest BCUT2D eigenvalue weighted by Crippen LogP contribution is 2.23. The van der Waals surface area contributed by atoms with Crippen LogP contribution in [0.5, 0.6) is 0 Å². The molecule has 0 saturated heterocycles.